The van der Waals surface area contributed by atoms with Gasteiger partial charge in [-0.2, -0.15) is 0 Å². The molecule has 20 heavy (non-hydrogen) atoms. The van der Waals surface area contributed by atoms with E-state index in [9.17, 15) is 4.79 Å². The van der Waals surface area contributed by atoms with Gasteiger partial charge in [-0.25, -0.2) is 4.98 Å². The van der Waals surface area contributed by atoms with Crippen LogP contribution in [0.3, 0.4) is 0 Å². The Bertz CT molecular complexity index is 551. The fourth-order valence-corrected chi connectivity index (χ4v) is 2.44. The third kappa shape index (κ3) is 3.43. The number of nitrogens with two attached hydrogens (primary N) is 1. The lowest BCUT2D eigenvalue weighted by atomic mass is 9.99. The summed E-state index contributed by atoms with van der Waals surface area (Å²) in [4.78, 5) is 16.2. The summed E-state index contributed by atoms with van der Waals surface area (Å²) in [5.41, 5.74) is 7.71. The number of hydrogen-bond donors (Lipinski definition) is 2. The molecule has 0 bridgehead atoms. The highest BCUT2D eigenvalue weighted by Crippen LogP contribution is 2.23. The molecule has 1 amide bonds. The van der Waals surface area contributed by atoms with Gasteiger partial charge < -0.3 is 11.1 Å². The molecule has 1 unspecified atom stereocenters. The Balaban J connectivity index is 2.02. The number of amides is 1. The zero-order chi connectivity index (χ0) is 14.5. The molecule has 2 aromatic rings. The summed E-state index contributed by atoms with van der Waals surface area (Å²) in [6, 6.07) is 7.17. The standard InChI is InChI=1S/C15H19N3OS/c1-3-10(2)13(16)14(19)18-12-6-4-11(5-7-12)15-17-8-9-20-15/h4-10,13H,3,16H2,1-2H3,(H,18,19)/t10?,13-/m0/s1. The van der Waals surface area contributed by atoms with Crippen LogP contribution in [0.15, 0.2) is 35.8 Å². The van der Waals surface area contributed by atoms with Crippen molar-refractivity contribution in [3.63, 3.8) is 0 Å². The van der Waals surface area contributed by atoms with Crippen LogP contribution >= 0.6 is 11.3 Å². The van der Waals surface area contributed by atoms with E-state index in [-0.39, 0.29) is 11.8 Å². The van der Waals surface area contributed by atoms with E-state index in [1.807, 2.05) is 43.5 Å². The van der Waals surface area contributed by atoms with Crippen molar-refractivity contribution in [2.24, 2.45) is 11.7 Å². The van der Waals surface area contributed by atoms with E-state index in [2.05, 4.69) is 10.3 Å². The van der Waals surface area contributed by atoms with Crippen LogP contribution < -0.4 is 11.1 Å². The van der Waals surface area contributed by atoms with Crippen molar-refractivity contribution in [1.29, 1.82) is 0 Å². The van der Waals surface area contributed by atoms with E-state index in [1.165, 1.54) is 0 Å². The second kappa shape index (κ2) is 6.63. The number of thiazole rings is 1. The summed E-state index contributed by atoms with van der Waals surface area (Å²) in [5, 5.41) is 5.76. The Labute approximate surface area is 123 Å². The first kappa shape index (κ1) is 14.7. The molecule has 0 saturated carbocycles. The predicted molar refractivity (Wildman–Crippen MR) is 83.6 cm³/mol. The van der Waals surface area contributed by atoms with Crippen LogP contribution in [0.25, 0.3) is 10.6 Å². The lowest BCUT2D eigenvalue weighted by Gasteiger charge is -2.17. The number of hydrogen-bond acceptors (Lipinski definition) is 4. The van der Waals surface area contributed by atoms with Gasteiger partial charge in [-0.3, -0.25) is 4.79 Å². The molecule has 1 aromatic heterocycles. The number of nitrogens with zero attached hydrogens (tertiary/aromatic N) is 1. The van der Waals surface area contributed by atoms with Crippen LogP contribution in [0.5, 0.6) is 0 Å². The summed E-state index contributed by atoms with van der Waals surface area (Å²) < 4.78 is 0. The van der Waals surface area contributed by atoms with E-state index in [4.69, 9.17) is 5.73 Å². The second-order valence-electron chi connectivity index (χ2n) is 4.82. The van der Waals surface area contributed by atoms with E-state index in [0.717, 1.165) is 22.7 Å². The first-order chi connectivity index (χ1) is 9.61. The summed E-state index contributed by atoms with van der Waals surface area (Å²) in [6.07, 6.45) is 2.67. The molecule has 0 fully saturated rings. The third-order valence-corrected chi connectivity index (χ3v) is 4.21. The van der Waals surface area contributed by atoms with Gasteiger partial charge in [0.25, 0.3) is 0 Å². The third-order valence-electron chi connectivity index (χ3n) is 3.39. The molecule has 0 aliphatic heterocycles. The van der Waals surface area contributed by atoms with Crippen LogP contribution in [-0.2, 0) is 4.79 Å². The molecule has 1 aromatic carbocycles. The average Bonchev–Trinajstić information content (AvgIpc) is 3.00. The van der Waals surface area contributed by atoms with Gasteiger partial charge in [-0.15, -0.1) is 11.3 Å². The molecule has 4 nitrogen and oxygen atoms in total. The van der Waals surface area contributed by atoms with Crippen LogP contribution in [-0.4, -0.2) is 16.9 Å². The second-order valence-corrected chi connectivity index (χ2v) is 5.71. The monoisotopic (exact) mass is 289 g/mol. The van der Waals surface area contributed by atoms with E-state index < -0.39 is 6.04 Å². The Morgan fingerprint density at radius 2 is 2.10 bits per heavy atom. The van der Waals surface area contributed by atoms with Crippen molar-refractivity contribution in [3.8, 4) is 10.6 Å². The molecular formula is C15H19N3OS. The van der Waals surface area contributed by atoms with E-state index >= 15 is 0 Å². The number of benzene rings is 1. The Hall–Kier alpha value is -1.72. The van der Waals surface area contributed by atoms with Crippen LogP contribution in [0.2, 0.25) is 0 Å². The Morgan fingerprint density at radius 3 is 2.65 bits per heavy atom. The number of anilines is 1. The van der Waals surface area contributed by atoms with Gasteiger partial charge in [0.1, 0.15) is 5.01 Å². The summed E-state index contributed by atoms with van der Waals surface area (Å²) in [5.74, 6) is 0.0333. The minimum Gasteiger partial charge on any atom is -0.325 e. The van der Waals surface area contributed by atoms with Gasteiger partial charge in [0.05, 0.1) is 6.04 Å². The molecule has 0 spiro atoms. The Morgan fingerprint density at radius 1 is 1.40 bits per heavy atom. The molecule has 0 radical (unpaired) electrons. The Kier molecular flexibility index (Phi) is 4.87. The maximum absolute atomic E-state index is 12.0. The predicted octanol–water partition coefficient (Wildman–Crippen LogP) is 3.12. The maximum atomic E-state index is 12.0. The molecule has 0 aliphatic carbocycles. The van der Waals surface area contributed by atoms with Gasteiger partial charge in [0.15, 0.2) is 0 Å². The van der Waals surface area contributed by atoms with Gasteiger partial charge in [0, 0.05) is 22.8 Å². The SMILES string of the molecule is CCC(C)[C@H](N)C(=O)Nc1ccc(-c2nccs2)cc1. The minimum atomic E-state index is -0.473. The molecule has 5 heteroatoms. The summed E-state index contributed by atoms with van der Waals surface area (Å²) >= 11 is 1.59. The van der Waals surface area contributed by atoms with Crippen LogP contribution in [0.1, 0.15) is 20.3 Å². The molecule has 2 atom stereocenters. The normalized spacial score (nSPS) is 13.8. The largest absolute Gasteiger partial charge is 0.325 e. The van der Waals surface area contributed by atoms with Gasteiger partial charge in [-0.1, -0.05) is 20.3 Å². The zero-order valence-corrected chi connectivity index (χ0v) is 12.5. The smallest absolute Gasteiger partial charge is 0.241 e. The molecule has 3 N–H and O–H groups in total. The highest BCUT2D eigenvalue weighted by atomic mass is 32.1. The van der Waals surface area contributed by atoms with Crippen molar-refractivity contribution in [2.75, 3.05) is 5.32 Å². The highest BCUT2D eigenvalue weighted by molar-refractivity contribution is 7.13. The van der Waals surface area contributed by atoms with Crippen LogP contribution in [0.4, 0.5) is 5.69 Å². The van der Waals surface area contributed by atoms with Crippen LogP contribution in [0, 0.1) is 5.92 Å². The topological polar surface area (TPSA) is 68.0 Å². The first-order valence-corrected chi connectivity index (χ1v) is 7.56. The lowest BCUT2D eigenvalue weighted by Crippen LogP contribution is -2.40. The summed E-state index contributed by atoms with van der Waals surface area (Å²) in [7, 11) is 0. The average molecular weight is 289 g/mol. The maximum Gasteiger partial charge on any atom is 0.241 e. The van der Waals surface area contributed by atoms with Crippen molar-refractivity contribution in [2.45, 2.75) is 26.3 Å². The number of aromatic nitrogens is 1. The van der Waals surface area contributed by atoms with Gasteiger partial charge in [0.2, 0.25) is 5.91 Å². The molecule has 0 aliphatic rings. The van der Waals surface area contributed by atoms with Gasteiger partial charge >= 0.3 is 0 Å². The molecular weight excluding hydrogens is 270 g/mol. The van der Waals surface area contributed by atoms with Crippen molar-refractivity contribution < 1.29 is 4.79 Å². The number of nitrogens with one attached hydrogen (secondary N) is 1. The minimum absolute atomic E-state index is 0.138. The molecule has 0 saturated heterocycles. The van der Waals surface area contributed by atoms with Crippen molar-refractivity contribution in [1.82, 2.24) is 4.98 Å². The van der Waals surface area contributed by atoms with E-state index in [1.54, 1.807) is 17.5 Å². The first-order valence-electron chi connectivity index (χ1n) is 6.68. The molecule has 1 heterocycles. The molecule has 106 valence electrons. The van der Waals surface area contributed by atoms with E-state index in [0.29, 0.717) is 0 Å². The quantitative estimate of drug-likeness (QED) is 0.888. The number of carbonyl (C=O) groups is 1. The van der Waals surface area contributed by atoms with Gasteiger partial charge in [-0.05, 0) is 30.2 Å². The van der Waals surface area contributed by atoms with Crippen molar-refractivity contribution in [3.05, 3.63) is 35.8 Å². The van der Waals surface area contributed by atoms with Crippen molar-refractivity contribution >= 4 is 22.9 Å². The fraction of sp³-hybridized carbons (Fsp3) is 0.333. The number of carbonyl (C=O) groups excluding carboxylic acids is 1. The fourth-order valence-electron chi connectivity index (χ4n) is 1.80. The molecule has 2 rings (SSSR count). The number of rotatable bonds is 5. The zero-order valence-electron chi connectivity index (χ0n) is 11.7. The highest BCUT2D eigenvalue weighted by Gasteiger charge is 2.19. The summed E-state index contributed by atoms with van der Waals surface area (Å²) in [6.45, 7) is 4.01. The lowest BCUT2D eigenvalue weighted by molar-refractivity contribution is -0.118.